The molecular formula is C19H26Cl2N6O. The van der Waals surface area contributed by atoms with E-state index >= 15 is 0 Å². The minimum absolute atomic E-state index is 0. The van der Waals surface area contributed by atoms with Crippen LogP contribution in [0.1, 0.15) is 60.4 Å². The molecule has 1 amide bonds. The Hall–Kier alpha value is -2.09. The number of hydrogen-bond donors (Lipinski definition) is 3. The van der Waals surface area contributed by atoms with Crippen molar-refractivity contribution in [2.45, 2.75) is 45.8 Å². The zero-order chi connectivity index (χ0) is 18.3. The summed E-state index contributed by atoms with van der Waals surface area (Å²) in [6.07, 6.45) is 0.869. The van der Waals surface area contributed by atoms with Gasteiger partial charge in [-0.3, -0.25) is 9.89 Å². The normalized spacial score (nSPS) is 14.1. The Morgan fingerprint density at radius 2 is 1.96 bits per heavy atom. The zero-order valence-corrected chi connectivity index (χ0v) is 17.8. The van der Waals surface area contributed by atoms with Gasteiger partial charge in [0.05, 0.1) is 17.1 Å². The monoisotopic (exact) mass is 424 g/mol. The minimum Gasteiger partial charge on any atom is -0.341 e. The number of hydrogen-bond acceptors (Lipinski definition) is 4. The first-order valence-electron chi connectivity index (χ1n) is 9.10. The summed E-state index contributed by atoms with van der Waals surface area (Å²) >= 11 is 0. The number of aromatic nitrogens is 4. The van der Waals surface area contributed by atoms with E-state index in [2.05, 4.69) is 45.3 Å². The molecule has 0 fully saturated rings. The molecule has 1 aliphatic rings. The highest BCUT2D eigenvalue weighted by Gasteiger charge is 2.25. The van der Waals surface area contributed by atoms with Gasteiger partial charge in [0.15, 0.2) is 5.69 Å². The fourth-order valence-electron chi connectivity index (χ4n) is 3.65. The van der Waals surface area contributed by atoms with Crippen LogP contribution in [0.25, 0.3) is 11.0 Å². The molecule has 3 N–H and O–H groups in total. The maximum Gasteiger partial charge on any atom is 0.272 e. The molecule has 3 aromatic rings. The molecule has 152 valence electrons. The van der Waals surface area contributed by atoms with E-state index < -0.39 is 0 Å². The van der Waals surface area contributed by atoms with Crippen molar-refractivity contribution in [3.8, 4) is 0 Å². The second-order valence-electron chi connectivity index (χ2n) is 7.07. The molecule has 0 bridgehead atoms. The molecule has 0 aliphatic carbocycles. The van der Waals surface area contributed by atoms with Gasteiger partial charge in [0.25, 0.3) is 5.91 Å². The van der Waals surface area contributed by atoms with Gasteiger partial charge in [0.2, 0.25) is 0 Å². The maximum absolute atomic E-state index is 12.8. The lowest BCUT2D eigenvalue weighted by Crippen LogP contribution is -2.31. The highest BCUT2D eigenvalue weighted by Crippen LogP contribution is 2.25. The van der Waals surface area contributed by atoms with E-state index in [-0.39, 0.29) is 42.8 Å². The van der Waals surface area contributed by atoms with Gasteiger partial charge in [0.1, 0.15) is 5.82 Å². The van der Waals surface area contributed by atoms with Gasteiger partial charge in [-0.25, -0.2) is 4.98 Å². The number of aromatic amines is 1. The molecule has 1 atom stereocenters. The van der Waals surface area contributed by atoms with Crippen molar-refractivity contribution in [1.29, 1.82) is 0 Å². The van der Waals surface area contributed by atoms with Gasteiger partial charge >= 0.3 is 0 Å². The average Bonchev–Trinajstić information content (AvgIpc) is 3.23. The first-order valence-corrected chi connectivity index (χ1v) is 9.10. The molecule has 7 nitrogen and oxygen atoms in total. The van der Waals surface area contributed by atoms with Gasteiger partial charge < -0.3 is 15.2 Å². The predicted octanol–water partition coefficient (Wildman–Crippen LogP) is 3.32. The number of nitrogens with one attached hydrogen (secondary N) is 3. The van der Waals surface area contributed by atoms with E-state index in [0.717, 1.165) is 41.1 Å². The molecular weight excluding hydrogens is 399 g/mol. The summed E-state index contributed by atoms with van der Waals surface area (Å²) in [6, 6.07) is 8.09. The standard InChI is InChI=1S/C19H24N6O.2ClH/c1-11(2)25-16-7-5-4-6-15(16)22-18(25)12(3)21-19(26)17-13-10-20-9-8-14(13)23-24-17;;/h4-7,11-12,20H,8-10H2,1-3H3,(H,21,26)(H,23,24);2*1H. The molecule has 3 heterocycles. The average molecular weight is 425 g/mol. The topological polar surface area (TPSA) is 87.6 Å². The first kappa shape index (κ1) is 22.2. The maximum atomic E-state index is 12.8. The number of fused-ring (bicyclic) bond motifs is 2. The van der Waals surface area contributed by atoms with E-state index in [1.165, 1.54) is 0 Å². The molecule has 4 rings (SSSR count). The largest absolute Gasteiger partial charge is 0.341 e. The Bertz CT molecular complexity index is 965. The van der Waals surface area contributed by atoms with Crippen molar-refractivity contribution >= 4 is 41.8 Å². The third-order valence-corrected chi connectivity index (χ3v) is 4.90. The molecule has 28 heavy (non-hydrogen) atoms. The van der Waals surface area contributed by atoms with Gasteiger partial charge in [-0.1, -0.05) is 12.1 Å². The molecule has 1 aromatic carbocycles. The number of carbonyl (C=O) groups excluding carboxylic acids is 1. The third kappa shape index (κ3) is 3.87. The Balaban J connectivity index is 0.00000140. The van der Waals surface area contributed by atoms with E-state index in [0.29, 0.717) is 12.2 Å². The summed E-state index contributed by atoms with van der Waals surface area (Å²) in [5.74, 6) is 0.693. The van der Waals surface area contributed by atoms with Crippen LogP contribution in [0.2, 0.25) is 0 Å². The highest BCUT2D eigenvalue weighted by atomic mass is 35.5. The Morgan fingerprint density at radius 1 is 1.21 bits per heavy atom. The van der Waals surface area contributed by atoms with Crippen LogP contribution in [-0.2, 0) is 13.0 Å². The fraction of sp³-hybridized carbons (Fsp3) is 0.421. The quantitative estimate of drug-likeness (QED) is 0.599. The van der Waals surface area contributed by atoms with Gasteiger partial charge in [-0.05, 0) is 32.9 Å². The SMILES string of the molecule is CC(NC(=O)c1n[nH]c2c1CNCC2)c1nc2ccccc2n1C(C)C.Cl.Cl. The third-order valence-electron chi connectivity index (χ3n) is 4.90. The smallest absolute Gasteiger partial charge is 0.272 e. The van der Waals surface area contributed by atoms with Crippen molar-refractivity contribution in [3.05, 3.63) is 47.0 Å². The number of amides is 1. The Labute approximate surface area is 176 Å². The van der Waals surface area contributed by atoms with Crippen molar-refractivity contribution in [3.63, 3.8) is 0 Å². The van der Waals surface area contributed by atoms with E-state index in [4.69, 9.17) is 4.98 Å². The molecule has 1 aliphatic heterocycles. The van der Waals surface area contributed by atoms with Crippen LogP contribution in [0.3, 0.4) is 0 Å². The predicted molar refractivity (Wildman–Crippen MR) is 114 cm³/mol. The summed E-state index contributed by atoms with van der Waals surface area (Å²) in [6.45, 7) is 7.80. The van der Waals surface area contributed by atoms with Crippen molar-refractivity contribution in [2.75, 3.05) is 6.54 Å². The van der Waals surface area contributed by atoms with E-state index in [1.807, 2.05) is 25.1 Å². The lowest BCUT2D eigenvalue weighted by Gasteiger charge is -2.19. The zero-order valence-electron chi connectivity index (χ0n) is 16.2. The second-order valence-corrected chi connectivity index (χ2v) is 7.07. The van der Waals surface area contributed by atoms with E-state index in [1.54, 1.807) is 0 Å². The molecule has 0 saturated carbocycles. The number of rotatable bonds is 4. The summed E-state index contributed by atoms with van der Waals surface area (Å²) in [5.41, 5.74) is 4.53. The Kier molecular flexibility index (Phi) is 7.09. The van der Waals surface area contributed by atoms with Crippen LogP contribution >= 0.6 is 24.8 Å². The summed E-state index contributed by atoms with van der Waals surface area (Å²) < 4.78 is 2.18. The second kappa shape index (κ2) is 8.94. The number of imidazole rings is 1. The van der Waals surface area contributed by atoms with Gasteiger partial charge in [-0.2, -0.15) is 5.10 Å². The number of halogens is 2. The Morgan fingerprint density at radius 3 is 2.71 bits per heavy atom. The molecule has 0 radical (unpaired) electrons. The van der Waals surface area contributed by atoms with Crippen LogP contribution in [0.5, 0.6) is 0 Å². The fourth-order valence-corrected chi connectivity index (χ4v) is 3.65. The van der Waals surface area contributed by atoms with Gasteiger partial charge in [0, 0.05) is 36.8 Å². The van der Waals surface area contributed by atoms with Crippen LogP contribution < -0.4 is 10.6 Å². The van der Waals surface area contributed by atoms with Crippen LogP contribution in [0.4, 0.5) is 0 Å². The molecule has 0 spiro atoms. The van der Waals surface area contributed by atoms with Gasteiger partial charge in [-0.15, -0.1) is 24.8 Å². The number of para-hydroxylation sites is 2. The molecule has 9 heteroatoms. The number of H-pyrrole nitrogens is 1. The highest BCUT2D eigenvalue weighted by molar-refractivity contribution is 5.94. The van der Waals surface area contributed by atoms with Crippen LogP contribution in [0.15, 0.2) is 24.3 Å². The van der Waals surface area contributed by atoms with Crippen molar-refractivity contribution in [1.82, 2.24) is 30.4 Å². The number of nitrogens with zero attached hydrogens (tertiary/aromatic N) is 3. The number of benzene rings is 1. The minimum atomic E-state index is -0.221. The van der Waals surface area contributed by atoms with Crippen LogP contribution in [0, 0.1) is 0 Å². The van der Waals surface area contributed by atoms with Crippen molar-refractivity contribution < 1.29 is 4.79 Å². The summed E-state index contributed by atoms with van der Waals surface area (Å²) in [7, 11) is 0. The number of carbonyl (C=O) groups is 1. The van der Waals surface area contributed by atoms with E-state index in [9.17, 15) is 4.79 Å². The lowest BCUT2D eigenvalue weighted by molar-refractivity contribution is 0.0931. The molecule has 0 saturated heterocycles. The first-order chi connectivity index (χ1) is 12.6. The van der Waals surface area contributed by atoms with Crippen molar-refractivity contribution in [2.24, 2.45) is 0 Å². The van der Waals surface area contributed by atoms with Crippen LogP contribution in [-0.4, -0.2) is 32.2 Å². The molecule has 2 aromatic heterocycles. The molecule has 1 unspecified atom stereocenters. The summed E-state index contributed by atoms with van der Waals surface area (Å²) in [5, 5.41) is 13.6. The summed E-state index contributed by atoms with van der Waals surface area (Å²) in [4.78, 5) is 17.6. The lowest BCUT2D eigenvalue weighted by atomic mass is 10.1.